The van der Waals surface area contributed by atoms with Crippen molar-refractivity contribution in [1.82, 2.24) is 10.1 Å². The van der Waals surface area contributed by atoms with E-state index in [-0.39, 0.29) is 5.82 Å². The van der Waals surface area contributed by atoms with E-state index in [9.17, 15) is 9.50 Å². The molecular weight excluding hydrogens is 271 g/mol. The van der Waals surface area contributed by atoms with Crippen molar-refractivity contribution in [3.05, 3.63) is 53.7 Å². The van der Waals surface area contributed by atoms with Crippen molar-refractivity contribution >= 4 is 0 Å². The van der Waals surface area contributed by atoms with Gasteiger partial charge in [-0.1, -0.05) is 31.1 Å². The maximum atomic E-state index is 12.9. The first kappa shape index (κ1) is 15.7. The number of hydrogen-bond donors (Lipinski definition) is 1. The second kappa shape index (κ2) is 7.33. The minimum absolute atomic E-state index is 0.299. The third-order valence-electron chi connectivity index (χ3n) is 3.19. The number of benzene rings is 1. The monoisotopic (exact) mass is 292 g/mol. The Balaban J connectivity index is 2.01. The van der Waals surface area contributed by atoms with Gasteiger partial charge in [-0.25, -0.2) is 4.39 Å². The zero-order chi connectivity index (χ0) is 15.2. The molecule has 1 atom stereocenters. The Morgan fingerprint density at radius 2 is 1.90 bits per heavy atom. The lowest BCUT2D eigenvalue weighted by atomic mass is 10.1. The molecule has 0 amide bonds. The van der Waals surface area contributed by atoms with Gasteiger partial charge in [0.2, 0.25) is 0 Å². The van der Waals surface area contributed by atoms with Crippen molar-refractivity contribution in [2.45, 2.75) is 26.5 Å². The van der Waals surface area contributed by atoms with E-state index < -0.39 is 6.10 Å². The standard InChI is InChI=1S/C16H21FN2O2/c1-12(2)9-19(10-15-7-8-21-18-15)11-16(20)13-3-5-14(17)6-4-13/h3-8,12,16,20H,9-11H2,1-2H3. The summed E-state index contributed by atoms with van der Waals surface area (Å²) < 4.78 is 17.8. The Morgan fingerprint density at radius 1 is 1.19 bits per heavy atom. The number of aliphatic hydroxyl groups excluding tert-OH is 1. The van der Waals surface area contributed by atoms with Crippen LogP contribution in [0, 0.1) is 11.7 Å². The highest BCUT2D eigenvalue weighted by atomic mass is 19.1. The number of hydrogen-bond acceptors (Lipinski definition) is 4. The van der Waals surface area contributed by atoms with Crippen molar-refractivity contribution in [2.75, 3.05) is 13.1 Å². The first-order valence-electron chi connectivity index (χ1n) is 7.09. The van der Waals surface area contributed by atoms with Crippen molar-refractivity contribution in [3.63, 3.8) is 0 Å². The predicted octanol–water partition coefficient (Wildman–Crippen LogP) is 3.01. The summed E-state index contributed by atoms with van der Waals surface area (Å²) in [6.45, 7) is 6.18. The minimum atomic E-state index is -0.656. The van der Waals surface area contributed by atoms with Crippen LogP contribution in [-0.4, -0.2) is 28.3 Å². The topological polar surface area (TPSA) is 49.5 Å². The van der Waals surface area contributed by atoms with Gasteiger partial charge in [0.1, 0.15) is 12.1 Å². The van der Waals surface area contributed by atoms with Crippen LogP contribution in [0.3, 0.4) is 0 Å². The lowest BCUT2D eigenvalue weighted by Crippen LogP contribution is -2.31. The maximum absolute atomic E-state index is 12.9. The van der Waals surface area contributed by atoms with Crippen LogP contribution >= 0.6 is 0 Å². The quantitative estimate of drug-likeness (QED) is 0.852. The molecule has 21 heavy (non-hydrogen) atoms. The molecule has 1 aromatic carbocycles. The number of rotatable bonds is 7. The number of aromatic nitrogens is 1. The van der Waals surface area contributed by atoms with Crippen molar-refractivity contribution in [3.8, 4) is 0 Å². The third-order valence-corrected chi connectivity index (χ3v) is 3.19. The largest absolute Gasteiger partial charge is 0.387 e. The highest BCUT2D eigenvalue weighted by molar-refractivity contribution is 5.18. The van der Waals surface area contributed by atoms with E-state index in [1.54, 1.807) is 18.4 Å². The second-order valence-electron chi connectivity index (χ2n) is 5.65. The van der Waals surface area contributed by atoms with Gasteiger partial charge in [-0.3, -0.25) is 4.90 Å². The van der Waals surface area contributed by atoms with Gasteiger partial charge >= 0.3 is 0 Å². The normalized spacial score (nSPS) is 13.0. The molecule has 5 heteroatoms. The molecule has 0 aliphatic rings. The Kier molecular flexibility index (Phi) is 5.47. The first-order valence-corrected chi connectivity index (χ1v) is 7.09. The molecule has 0 bridgehead atoms. The molecule has 0 fully saturated rings. The van der Waals surface area contributed by atoms with E-state index in [2.05, 4.69) is 23.9 Å². The van der Waals surface area contributed by atoms with Crippen molar-refractivity contribution in [2.24, 2.45) is 5.92 Å². The van der Waals surface area contributed by atoms with E-state index in [0.717, 1.165) is 12.2 Å². The van der Waals surface area contributed by atoms with Gasteiger partial charge in [-0.2, -0.15) is 0 Å². The van der Waals surface area contributed by atoms with E-state index in [1.165, 1.54) is 12.1 Å². The van der Waals surface area contributed by atoms with Crippen molar-refractivity contribution < 1.29 is 14.0 Å². The molecular formula is C16H21FN2O2. The number of aliphatic hydroxyl groups is 1. The molecule has 0 aliphatic heterocycles. The van der Waals surface area contributed by atoms with Gasteiger partial charge in [0.15, 0.2) is 0 Å². The summed E-state index contributed by atoms with van der Waals surface area (Å²) in [5.41, 5.74) is 1.55. The van der Waals surface area contributed by atoms with E-state index >= 15 is 0 Å². The Morgan fingerprint density at radius 3 is 2.48 bits per heavy atom. The molecule has 1 heterocycles. The Hall–Kier alpha value is -1.72. The molecule has 2 aromatic rings. The second-order valence-corrected chi connectivity index (χ2v) is 5.65. The molecule has 0 radical (unpaired) electrons. The van der Waals surface area contributed by atoms with Gasteiger partial charge < -0.3 is 9.63 Å². The lowest BCUT2D eigenvalue weighted by Gasteiger charge is -2.26. The number of nitrogens with zero attached hydrogens (tertiary/aromatic N) is 2. The highest BCUT2D eigenvalue weighted by Crippen LogP contribution is 2.17. The van der Waals surface area contributed by atoms with Crippen LogP contribution in [0.25, 0.3) is 0 Å². The SMILES string of the molecule is CC(C)CN(Cc1ccon1)CC(O)c1ccc(F)cc1. The average molecular weight is 292 g/mol. The van der Waals surface area contributed by atoms with Gasteiger partial charge in [0.25, 0.3) is 0 Å². The fraction of sp³-hybridized carbons (Fsp3) is 0.438. The van der Waals surface area contributed by atoms with E-state index in [4.69, 9.17) is 4.52 Å². The van der Waals surface area contributed by atoms with Gasteiger partial charge in [0.05, 0.1) is 11.8 Å². The molecule has 1 N–H and O–H groups in total. The number of halogens is 1. The van der Waals surface area contributed by atoms with Crippen LogP contribution in [0.4, 0.5) is 4.39 Å². The molecule has 1 aromatic heterocycles. The summed E-state index contributed by atoms with van der Waals surface area (Å²) in [6, 6.07) is 7.77. The molecule has 4 nitrogen and oxygen atoms in total. The Bertz CT molecular complexity index is 526. The Labute approximate surface area is 124 Å². The van der Waals surface area contributed by atoms with Crippen LogP contribution in [0.5, 0.6) is 0 Å². The zero-order valence-electron chi connectivity index (χ0n) is 12.4. The molecule has 1 unspecified atom stereocenters. The summed E-state index contributed by atoms with van der Waals surface area (Å²) in [6.07, 6.45) is 0.885. The summed E-state index contributed by atoms with van der Waals surface area (Å²) in [5.74, 6) is 0.171. The van der Waals surface area contributed by atoms with E-state index in [0.29, 0.717) is 24.6 Å². The minimum Gasteiger partial charge on any atom is -0.387 e. The molecule has 114 valence electrons. The van der Waals surface area contributed by atoms with Crippen molar-refractivity contribution in [1.29, 1.82) is 0 Å². The van der Waals surface area contributed by atoms with Crippen LogP contribution in [0.2, 0.25) is 0 Å². The lowest BCUT2D eigenvalue weighted by molar-refractivity contribution is 0.100. The zero-order valence-corrected chi connectivity index (χ0v) is 12.4. The van der Waals surface area contributed by atoms with E-state index in [1.807, 2.05) is 6.07 Å². The summed E-state index contributed by atoms with van der Waals surface area (Å²) in [5, 5.41) is 14.2. The first-order chi connectivity index (χ1) is 10.0. The highest BCUT2D eigenvalue weighted by Gasteiger charge is 2.16. The summed E-state index contributed by atoms with van der Waals surface area (Å²) in [7, 11) is 0. The van der Waals surface area contributed by atoms with Gasteiger partial charge in [-0.05, 0) is 23.6 Å². The van der Waals surface area contributed by atoms with Crippen LogP contribution < -0.4 is 0 Å². The fourth-order valence-electron chi connectivity index (χ4n) is 2.30. The molecule has 0 aliphatic carbocycles. The van der Waals surface area contributed by atoms with Gasteiger partial charge in [-0.15, -0.1) is 0 Å². The predicted molar refractivity (Wildman–Crippen MR) is 78.0 cm³/mol. The smallest absolute Gasteiger partial charge is 0.124 e. The average Bonchev–Trinajstić information content (AvgIpc) is 2.91. The van der Waals surface area contributed by atoms with Crippen LogP contribution in [-0.2, 0) is 6.54 Å². The third kappa shape index (κ3) is 4.95. The molecule has 2 rings (SSSR count). The molecule has 0 saturated carbocycles. The van der Waals surface area contributed by atoms with Gasteiger partial charge in [0, 0.05) is 25.7 Å². The van der Waals surface area contributed by atoms with Crippen LogP contribution in [0.1, 0.15) is 31.2 Å². The summed E-state index contributed by atoms with van der Waals surface area (Å²) >= 11 is 0. The maximum Gasteiger partial charge on any atom is 0.124 e. The van der Waals surface area contributed by atoms with Crippen LogP contribution in [0.15, 0.2) is 41.1 Å². The molecule has 0 saturated heterocycles. The molecule has 0 spiro atoms. The summed E-state index contributed by atoms with van der Waals surface area (Å²) in [4.78, 5) is 2.12. The fourth-order valence-corrected chi connectivity index (χ4v) is 2.30.